The summed E-state index contributed by atoms with van der Waals surface area (Å²) in [5.41, 5.74) is 1.14. The summed E-state index contributed by atoms with van der Waals surface area (Å²) in [5, 5.41) is 20.6. The number of aromatic amines is 1. The highest BCUT2D eigenvalue weighted by Gasteiger charge is 2.23. The molecule has 0 amide bonds. The summed E-state index contributed by atoms with van der Waals surface area (Å²) in [6.45, 7) is 1.67. The normalized spacial score (nSPS) is 10.7. The highest BCUT2D eigenvalue weighted by molar-refractivity contribution is 6.20. The molecule has 3 rings (SSSR count). The van der Waals surface area contributed by atoms with E-state index in [1.54, 1.807) is 13.0 Å². The molecule has 0 aliphatic heterocycles. The number of nitrogens with zero attached hydrogens (tertiary/aromatic N) is 1. The predicted molar refractivity (Wildman–Crippen MR) is 86.5 cm³/mol. The summed E-state index contributed by atoms with van der Waals surface area (Å²) >= 11 is 0. The second-order valence-corrected chi connectivity index (χ2v) is 5.29. The van der Waals surface area contributed by atoms with Crippen LogP contribution in [0.2, 0.25) is 0 Å². The molecule has 1 aromatic heterocycles. The van der Waals surface area contributed by atoms with Crippen LogP contribution in [0.25, 0.3) is 10.9 Å². The van der Waals surface area contributed by atoms with E-state index in [1.807, 2.05) is 0 Å². The van der Waals surface area contributed by atoms with E-state index in [9.17, 15) is 24.8 Å². The van der Waals surface area contributed by atoms with Crippen molar-refractivity contribution < 1.29 is 19.6 Å². The summed E-state index contributed by atoms with van der Waals surface area (Å²) in [6, 6.07) is 10.1. The first-order chi connectivity index (χ1) is 11.4. The molecule has 0 radical (unpaired) electrons. The van der Waals surface area contributed by atoms with Crippen LogP contribution < -0.4 is 0 Å². The first-order valence-corrected chi connectivity index (χ1v) is 7.04. The lowest BCUT2D eigenvalue weighted by Crippen LogP contribution is -2.10. The van der Waals surface area contributed by atoms with E-state index in [-0.39, 0.29) is 22.4 Å². The van der Waals surface area contributed by atoms with E-state index in [1.165, 1.54) is 36.4 Å². The molecule has 120 valence electrons. The molecular formula is C17H12N2O5. The number of nitrogens with one attached hydrogen (secondary N) is 1. The van der Waals surface area contributed by atoms with Gasteiger partial charge in [-0.15, -0.1) is 0 Å². The Bertz CT molecular complexity index is 1000. The number of H-pyrrole nitrogens is 1. The standard InChI is InChI=1S/C17H12N2O5/c1-9-15(13-8-10(19(23)24)6-7-14(13)18-9)16(20)11-4-2-3-5-12(11)17(21)22/h2-8,18H,1H3,(H,21,22). The maximum Gasteiger partial charge on any atom is 0.336 e. The molecule has 0 spiro atoms. The molecule has 0 saturated carbocycles. The number of carboxylic acids is 1. The number of fused-ring (bicyclic) bond motifs is 1. The van der Waals surface area contributed by atoms with Crippen molar-refractivity contribution in [1.82, 2.24) is 4.98 Å². The van der Waals surface area contributed by atoms with E-state index in [4.69, 9.17) is 0 Å². The SMILES string of the molecule is Cc1[nH]c2ccc([N+](=O)[O-])cc2c1C(=O)c1ccccc1C(=O)O. The van der Waals surface area contributed by atoms with Gasteiger partial charge in [-0.1, -0.05) is 18.2 Å². The van der Waals surface area contributed by atoms with Gasteiger partial charge in [-0.3, -0.25) is 14.9 Å². The van der Waals surface area contributed by atoms with Gasteiger partial charge in [-0.05, 0) is 19.1 Å². The van der Waals surface area contributed by atoms with Crippen molar-refractivity contribution in [2.75, 3.05) is 0 Å². The van der Waals surface area contributed by atoms with E-state index in [2.05, 4.69) is 4.98 Å². The topological polar surface area (TPSA) is 113 Å². The molecule has 0 bridgehead atoms. The number of aromatic nitrogens is 1. The zero-order chi connectivity index (χ0) is 17.4. The van der Waals surface area contributed by atoms with E-state index >= 15 is 0 Å². The smallest absolute Gasteiger partial charge is 0.336 e. The third-order valence-corrected chi connectivity index (χ3v) is 3.81. The number of carbonyl (C=O) groups excluding carboxylic acids is 1. The number of benzene rings is 2. The van der Waals surface area contributed by atoms with E-state index < -0.39 is 16.7 Å². The highest BCUT2D eigenvalue weighted by atomic mass is 16.6. The van der Waals surface area contributed by atoms with Crippen LogP contribution in [0.1, 0.15) is 32.0 Å². The molecule has 24 heavy (non-hydrogen) atoms. The van der Waals surface area contributed by atoms with Crippen molar-refractivity contribution in [2.45, 2.75) is 6.92 Å². The quantitative estimate of drug-likeness (QED) is 0.434. The summed E-state index contributed by atoms with van der Waals surface area (Å²) in [6.07, 6.45) is 0. The molecule has 3 aromatic rings. The number of non-ortho nitro benzene ring substituents is 1. The van der Waals surface area contributed by atoms with Gasteiger partial charge in [0.2, 0.25) is 0 Å². The zero-order valence-corrected chi connectivity index (χ0v) is 12.6. The number of aromatic carboxylic acids is 1. The third-order valence-electron chi connectivity index (χ3n) is 3.81. The molecule has 0 atom stereocenters. The monoisotopic (exact) mass is 324 g/mol. The number of hydrogen-bond donors (Lipinski definition) is 2. The maximum atomic E-state index is 12.9. The summed E-state index contributed by atoms with van der Waals surface area (Å²) < 4.78 is 0. The van der Waals surface area contributed by atoms with Gasteiger partial charge in [-0.2, -0.15) is 0 Å². The van der Waals surface area contributed by atoms with Gasteiger partial charge in [0.15, 0.2) is 5.78 Å². The third kappa shape index (κ3) is 2.41. The van der Waals surface area contributed by atoms with Crippen LogP contribution >= 0.6 is 0 Å². The van der Waals surface area contributed by atoms with E-state index in [0.717, 1.165) is 0 Å². The fourth-order valence-electron chi connectivity index (χ4n) is 2.72. The van der Waals surface area contributed by atoms with Crippen molar-refractivity contribution in [3.8, 4) is 0 Å². The summed E-state index contributed by atoms with van der Waals surface area (Å²) in [7, 11) is 0. The van der Waals surface area contributed by atoms with Crippen molar-refractivity contribution in [2.24, 2.45) is 0 Å². The number of nitro benzene ring substituents is 1. The first-order valence-electron chi connectivity index (χ1n) is 7.04. The van der Waals surface area contributed by atoms with Crippen molar-refractivity contribution in [3.63, 3.8) is 0 Å². The number of hydrogen-bond acceptors (Lipinski definition) is 4. The Labute approximate surface area is 135 Å². The molecule has 2 N–H and O–H groups in total. The first kappa shape index (κ1) is 15.4. The van der Waals surface area contributed by atoms with E-state index in [0.29, 0.717) is 16.6 Å². The van der Waals surface area contributed by atoms with Gasteiger partial charge in [0, 0.05) is 34.3 Å². The van der Waals surface area contributed by atoms with Gasteiger partial charge >= 0.3 is 5.97 Å². The minimum Gasteiger partial charge on any atom is -0.478 e. The number of carbonyl (C=O) groups is 2. The van der Waals surface area contributed by atoms with Crippen LogP contribution in [0, 0.1) is 17.0 Å². The van der Waals surface area contributed by atoms with Crippen LogP contribution in [0.3, 0.4) is 0 Å². The average Bonchev–Trinajstić information content (AvgIpc) is 2.88. The van der Waals surface area contributed by atoms with Crippen LogP contribution in [-0.4, -0.2) is 26.8 Å². The molecule has 0 fully saturated rings. The molecule has 0 saturated heterocycles. The lowest BCUT2D eigenvalue weighted by molar-refractivity contribution is -0.384. The number of ketones is 1. The highest BCUT2D eigenvalue weighted by Crippen LogP contribution is 2.29. The average molecular weight is 324 g/mol. The lowest BCUT2D eigenvalue weighted by Gasteiger charge is -2.05. The Morgan fingerprint density at radius 2 is 1.79 bits per heavy atom. The summed E-state index contributed by atoms with van der Waals surface area (Å²) in [5.74, 6) is -1.69. The largest absolute Gasteiger partial charge is 0.478 e. The zero-order valence-electron chi connectivity index (χ0n) is 12.6. The second kappa shape index (κ2) is 5.62. The summed E-state index contributed by atoms with van der Waals surface area (Å²) in [4.78, 5) is 37.7. The molecule has 0 aliphatic carbocycles. The van der Waals surface area contributed by atoms with Crippen molar-refractivity contribution >= 4 is 28.3 Å². The van der Waals surface area contributed by atoms with Crippen LogP contribution in [-0.2, 0) is 0 Å². The molecule has 1 heterocycles. The Kier molecular flexibility index (Phi) is 3.61. The minimum absolute atomic E-state index is 0.0421. The molecular weight excluding hydrogens is 312 g/mol. The van der Waals surface area contributed by atoms with Crippen molar-refractivity contribution in [1.29, 1.82) is 0 Å². The molecule has 2 aromatic carbocycles. The van der Waals surface area contributed by atoms with Gasteiger partial charge in [0.1, 0.15) is 0 Å². The second-order valence-electron chi connectivity index (χ2n) is 5.29. The van der Waals surface area contributed by atoms with Crippen LogP contribution in [0.15, 0.2) is 42.5 Å². The Morgan fingerprint density at radius 3 is 2.42 bits per heavy atom. The lowest BCUT2D eigenvalue weighted by atomic mass is 9.96. The van der Waals surface area contributed by atoms with Gasteiger partial charge < -0.3 is 10.1 Å². The number of rotatable bonds is 4. The van der Waals surface area contributed by atoms with Crippen LogP contribution in [0.4, 0.5) is 5.69 Å². The Hall–Kier alpha value is -3.48. The fraction of sp³-hybridized carbons (Fsp3) is 0.0588. The van der Waals surface area contributed by atoms with Crippen molar-refractivity contribution in [3.05, 3.63) is 75.0 Å². The maximum absolute atomic E-state index is 12.9. The molecule has 7 heteroatoms. The Balaban J connectivity index is 2.24. The molecule has 7 nitrogen and oxygen atoms in total. The fourth-order valence-corrected chi connectivity index (χ4v) is 2.72. The van der Waals surface area contributed by atoms with Gasteiger partial charge in [0.25, 0.3) is 5.69 Å². The molecule has 0 aliphatic rings. The van der Waals surface area contributed by atoms with Crippen LogP contribution in [0.5, 0.6) is 0 Å². The van der Waals surface area contributed by atoms with Gasteiger partial charge in [-0.25, -0.2) is 4.79 Å². The number of nitro groups is 1. The van der Waals surface area contributed by atoms with Gasteiger partial charge in [0.05, 0.1) is 16.1 Å². The predicted octanol–water partition coefficient (Wildman–Crippen LogP) is 3.31. The number of aryl methyl sites for hydroxylation is 1. The Morgan fingerprint density at radius 1 is 1.12 bits per heavy atom. The number of carboxylic acid groups (broad SMARTS) is 1. The minimum atomic E-state index is -1.21. The molecule has 0 unspecified atom stereocenters.